The van der Waals surface area contributed by atoms with Gasteiger partial charge in [0.25, 0.3) is 5.91 Å². The van der Waals surface area contributed by atoms with Crippen molar-refractivity contribution in [2.45, 2.75) is 6.54 Å². The van der Waals surface area contributed by atoms with Gasteiger partial charge in [0, 0.05) is 43.0 Å². The summed E-state index contributed by atoms with van der Waals surface area (Å²) in [5.74, 6) is -0.310. The van der Waals surface area contributed by atoms with Crippen LogP contribution in [0.1, 0.15) is 16.1 Å². The van der Waals surface area contributed by atoms with E-state index in [0.717, 1.165) is 60.4 Å². The van der Waals surface area contributed by atoms with Crippen molar-refractivity contribution < 1.29 is 9.53 Å². The molecule has 1 aliphatic rings. The molecular weight excluding hydrogens is 394 g/mol. The van der Waals surface area contributed by atoms with E-state index in [1.165, 1.54) is 12.4 Å². The highest BCUT2D eigenvalue weighted by atomic mass is 16.5. The van der Waals surface area contributed by atoms with Gasteiger partial charge < -0.3 is 10.1 Å². The Morgan fingerprint density at radius 2 is 1.97 bits per heavy atom. The van der Waals surface area contributed by atoms with E-state index in [-0.39, 0.29) is 5.91 Å². The standard InChI is InChI=1S/C22H21N7O2/c30-22(26-18-3-4-24-25-13-18)21-19-10-16(1-2-20(19)27-28-21)17-9-15(11-23-12-17)14-29-5-7-31-8-6-29/h1-4,9-13H,5-8,14H2,(H,27,28)(H,24,26,30). The number of benzene rings is 1. The lowest BCUT2D eigenvalue weighted by Crippen LogP contribution is -2.35. The fraction of sp³-hybridized carbons (Fsp3) is 0.227. The third-order valence-corrected chi connectivity index (χ3v) is 5.26. The van der Waals surface area contributed by atoms with E-state index in [4.69, 9.17) is 4.74 Å². The molecule has 31 heavy (non-hydrogen) atoms. The van der Waals surface area contributed by atoms with Gasteiger partial charge in [0.2, 0.25) is 0 Å². The summed E-state index contributed by atoms with van der Waals surface area (Å²) in [6, 6.07) is 9.72. The van der Waals surface area contributed by atoms with Gasteiger partial charge in [-0.25, -0.2) is 0 Å². The molecule has 0 aliphatic carbocycles. The van der Waals surface area contributed by atoms with Crippen LogP contribution in [0.3, 0.4) is 0 Å². The normalized spacial score (nSPS) is 14.6. The van der Waals surface area contributed by atoms with Crippen LogP contribution in [0.15, 0.2) is 55.1 Å². The summed E-state index contributed by atoms with van der Waals surface area (Å²) in [5.41, 5.74) is 4.80. The van der Waals surface area contributed by atoms with Gasteiger partial charge in [0.05, 0.1) is 36.8 Å². The van der Waals surface area contributed by atoms with Gasteiger partial charge in [-0.15, -0.1) is 0 Å². The van der Waals surface area contributed by atoms with Gasteiger partial charge in [0.1, 0.15) is 0 Å². The van der Waals surface area contributed by atoms with Crippen LogP contribution in [-0.4, -0.2) is 62.5 Å². The first kappa shape index (κ1) is 19.3. The fourth-order valence-corrected chi connectivity index (χ4v) is 3.67. The number of nitrogens with zero attached hydrogens (tertiary/aromatic N) is 5. The molecule has 3 aromatic heterocycles. The van der Waals surface area contributed by atoms with E-state index in [0.29, 0.717) is 11.4 Å². The summed E-state index contributed by atoms with van der Waals surface area (Å²) in [4.78, 5) is 19.5. The number of ether oxygens (including phenoxy) is 1. The lowest BCUT2D eigenvalue weighted by atomic mass is 10.0. The average molecular weight is 415 g/mol. The Bertz CT molecular complexity index is 1200. The second kappa shape index (κ2) is 8.58. The third-order valence-electron chi connectivity index (χ3n) is 5.26. The van der Waals surface area contributed by atoms with Gasteiger partial charge >= 0.3 is 0 Å². The smallest absolute Gasteiger partial charge is 0.276 e. The van der Waals surface area contributed by atoms with E-state index in [2.05, 4.69) is 41.7 Å². The Kier molecular flexibility index (Phi) is 5.34. The van der Waals surface area contributed by atoms with Crippen molar-refractivity contribution in [3.05, 3.63) is 66.4 Å². The molecule has 1 fully saturated rings. The molecule has 5 rings (SSSR count). The zero-order valence-electron chi connectivity index (χ0n) is 16.8. The van der Waals surface area contributed by atoms with Crippen molar-refractivity contribution in [1.82, 2.24) is 30.3 Å². The number of carbonyl (C=O) groups is 1. The molecule has 2 N–H and O–H groups in total. The van der Waals surface area contributed by atoms with Crippen molar-refractivity contribution in [2.75, 3.05) is 31.6 Å². The lowest BCUT2D eigenvalue weighted by molar-refractivity contribution is 0.0341. The number of anilines is 1. The maximum absolute atomic E-state index is 12.7. The molecule has 1 amide bonds. The predicted molar refractivity (Wildman–Crippen MR) is 115 cm³/mol. The molecule has 9 nitrogen and oxygen atoms in total. The van der Waals surface area contributed by atoms with Crippen LogP contribution in [0.4, 0.5) is 5.69 Å². The van der Waals surface area contributed by atoms with Gasteiger partial charge in [0.15, 0.2) is 5.69 Å². The number of carbonyl (C=O) groups excluding carboxylic acids is 1. The quantitative estimate of drug-likeness (QED) is 0.515. The molecule has 1 saturated heterocycles. The first-order valence-electron chi connectivity index (χ1n) is 10.1. The monoisotopic (exact) mass is 415 g/mol. The number of morpholine rings is 1. The molecule has 1 aliphatic heterocycles. The fourth-order valence-electron chi connectivity index (χ4n) is 3.67. The second-order valence-electron chi connectivity index (χ2n) is 7.39. The van der Waals surface area contributed by atoms with Crippen LogP contribution in [0.5, 0.6) is 0 Å². The highest BCUT2D eigenvalue weighted by Gasteiger charge is 2.16. The highest BCUT2D eigenvalue weighted by molar-refractivity contribution is 6.11. The van der Waals surface area contributed by atoms with Crippen molar-refractivity contribution in [1.29, 1.82) is 0 Å². The van der Waals surface area contributed by atoms with E-state index < -0.39 is 0 Å². The molecule has 4 heterocycles. The van der Waals surface area contributed by atoms with E-state index in [9.17, 15) is 4.79 Å². The highest BCUT2D eigenvalue weighted by Crippen LogP contribution is 2.26. The summed E-state index contributed by atoms with van der Waals surface area (Å²) in [6.07, 6.45) is 6.75. The predicted octanol–water partition coefficient (Wildman–Crippen LogP) is 2.50. The molecule has 156 valence electrons. The van der Waals surface area contributed by atoms with E-state index >= 15 is 0 Å². The number of H-pyrrole nitrogens is 1. The summed E-state index contributed by atoms with van der Waals surface area (Å²) in [6.45, 7) is 4.23. The number of rotatable bonds is 5. The minimum absolute atomic E-state index is 0.310. The first-order valence-corrected chi connectivity index (χ1v) is 10.1. The largest absolute Gasteiger partial charge is 0.379 e. The molecular formula is C22H21N7O2. The lowest BCUT2D eigenvalue weighted by Gasteiger charge is -2.26. The summed E-state index contributed by atoms with van der Waals surface area (Å²) >= 11 is 0. The Labute approximate surface area is 178 Å². The van der Waals surface area contributed by atoms with E-state index in [1.807, 2.05) is 30.6 Å². The Morgan fingerprint density at radius 3 is 2.81 bits per heavy atom. The average Bonchev–Trinajstić information content (AvgIpc) is 3.24. The molecule has 0 unspecified atom stereocenters. The van der Waals surface area contributed by atoms with Crippen molar-refractivity contribution in [3.63, 3.8) is 0 Å². The number of fused-ring (bicyclic) bond motifs is 1. The number of hydrogen-bond acceptors (Lipinski definition) is 7. The number of pyridine rings is 1. The maximum atomic E-state index is 12.7. The van der Waals surface area contributed by atoms with E-state index in [1.54, 1.807) is 6.07 Å². The third kappa shape index (κ3) is 4.27. The number of hydrogen-bond donors (Lipinski definition) is 2. The first-order chi connectivity index (χ1) is 15.3. The van der Waals surface area contributed by atoms with Crippen LogP contribution >= 0.6 is 0 Å². The Hall–Kier alpha value is -3.69. The molecule has 1 aromatic carbocycles. The summed E-state index contributed by atoms with van der Waals surface area (Å²) in [5, 5.41) is 18.2. The minimum atomic E-state index is -0.310. The molecule has 0 spiro atoms. The van der Waals surface area contributed by atoms with Crippen molar-refractivity contribution in [3.8, 4) is 11.1 Å². The van der Waals surface area contributed by atoms with Gasteiger partial charge in [-0.2, -0.15) is 15.3 Å². The molecule has 4 aromatic rings. The topological polar surface area (TPSA) is 109 Å². The second-order valence-corrected chi connectivity index (χ2v) is 7.39. The number of aromatic amines is 1. The summed E-state index contributed by atoms with van der Waals surface area (Å²) in [7, 11) is 0. The molecule has 9 heteroatoms. The number of nitrogens with one attached hydrogen (secondary N) is 2. The van der Waals surface area contributed by atoms with Crippen LogP contribution in [0, 0.1) is 0 Å². The Morgan fingerprint density at radius 1 is 1.06 bits per heavy atom. The van der Waals surface area contributed by atoms with Crippen molar-refractivity contribution in [2.24, 2.45) is 0 Å². The molecule has 0 radical (unpaired) electrons. The van der Waals surface area contributed by atoms with Crippen molar-refractivity contribution >= 4 is 22.5 Å². The molecule has 0 bridgehead atoms. The summed E-state index contributed by atoms with van der Waals surface area (Å²) < 4.78 is 5.43. The molecule has 0 saturated carbocycles. The SMILES string of the molecule is O=C(Nc1ccnnc1)c1n[nH]c2ccc(-c3cncc(CN4CCOCC4)c3)cc12. The van der Waals surface area contributed by atoms with Crippen LogP contribution in [-0.2, 0) is 11.3 Å². The van der Waals surface area contributed by atoms with Gasteiger partial charge in [-0.1, -0.05) is 6.07 Å². The van der Waals surface area contributed by atoms with Crippen LogP contribution in [0.25, 0.3) is 22.0 Å². The molecule has 0 atom stereocenters. The maximum Gasteiger partial charge on any atom is 0.276 e. The zero-order chi connectivity index (χ0) is 21.0. The van der Waals surface area contributed by atoms with Gasteiger partial charge in [-0.3, -0.25) is 19.8 Å². The Balaban J connectivity index is 1.41. The number of amides is 1. The number of aromatic nitrogens is 5. The van der Waals surface area contributed by atoms with Crippen LogP contribution in [0.2, 0.25) is 0 Å². The minimum Gasteiger partial charge on any atom is -0.379 e. The van der Waals surface area contributed by atoms with Gasteiger partial charge in [-0.05, 0) is 35.4 Å². The zero-order valence-corrected chi connectivity index (χ0v) is 16.8. The van der Waals surface area contributed by atoms with Crippen LogP contribution < -0.4 is 5.32 Å².